The summed E-state index contributed by atoms with van der Waals surface area (Å²) in [4.78, 5) is 0. The topological polar surface area (TPSA) is 32.3 Å². The van der Waals surface area contributed by atoms with Gasteiger partial charge in [0.05, 0.1) is 6.61 Å². The van der Waals surface area contributed by atoms with E-state index in [0.29, 0.717) is 12.5 Å². The maximum Gasteiger partial charge on any atom is 0.0513 e. The Balaban J connectivity index is 2.17. The Morgan fingerprint density at radius 2 is 2.36 bits per heavy atom. The van der Waals surface area contributed by atoms with E-state index >= 15 is 0 Å². The van der Waals surface area contributed by atoms with Gasteiger partial charge in [0, 0.05) is 18.2 Å². The highest BCUT2D eigenvalue weighted by Gasteiger charge is 2.25. The Bertz CT molecular complexity index is 186. The second-order valence-corrected chi connectivity index (χ2v) is 3.47. The summed E-state index contributed by atoms with van der Waals surface area (Å²) in [5.41, 5.74) is 2.95. The van der Waals surface area contributed by atoms with Crippen molar-refractivity contribution in [3.05, 3.63) is 11.3 Å². The van der Waals surface area contributed by atoms with Crippen LogP contribution >= 0.6 is 0 Å². The molecule has 0 saturated carbocycles. The van der Waals surface area contributed by atoms with E-state index in [2.05, 4.69) is 5.32 Å². The lowest BCUT2D eigenvalue weighted by Gasteiger charge is -2.22. The molecule has 0 spiro atoms. The molecule has 0 saturated heterocycles. The van der Waals surface area contributed by atoms with E-state index in [1.807, 2.05) is 0 Å². The minimum Gasteiger partial charge on any atom is -0.396 e. The zero-order chi connectivity index (χ0) is 7.68. The molecule has 0 bridgehead atoms. The Kier molecular flexibility index (Phi) is 1.86. The van der Waals surface area contributed by atoms with Crippen LogP contribution in [0.25, 0.3) is 0 Å². The van der Waals surface area contributed by atoms with Crippen LogP contribution in [-0.4, -0.2) is 18.3 Å². The fourth-order valence-electron chi connectivity index (χ4n) is 2.19. The van der Waals surface area contributed by atoms with Gasteiger partial charge in [-0.25, -0.2) is 0 Å². The molecule has 0 fully saturated rings. The van der Waals surface area contributed by atoms with Crippen LogP contribution in [0.3, 0.4) is 0 Å². The fourth-order valence-corrected chi connectivity index (χ4v) is 2.19. The Labute approximate surface area is 67.3 Å². The molecule has 1 unspecified atom stereocenters. The van der Waals surface area contributed by atoms with Gasteiger partial charge >= 0.3 is 0 Å². The van der Waals surface area contributed by atoms with Crippen molar-refractivity contribution < 1.29 is 5.11 Å². The van der Waals surface area contributed by atoms with Crippen LogP contribution in [0.15, 0.2) is 11.3 Å². The van der Waals surface area contributed by atoms with Crippen LogP contribution in [0, 0.1) is 5.92 Å². The van der Waals surface area contributed by atoms with Crippen molar-refractivity contribution in [1.29, 1.82) is 0 Å². The molecular weight excluding hydrogens is 138 g/mol. The zero-order valence-electron chi connectivity index (χ0n) is 6.77. The third kappa shape index (κ3) is 1.16. The van der Waals surface area contributed by atoms with Crippen LogP contribution in [0.5, 0.6) is 0 Å². The first kappa shape index (κ1) is 7.17. The number of hydrogen-bond acceptors (Lipinski definition) is 2. The molecular formula is C9H15NO. The smallest absolute Gasteiger partial charge is 0.0513 e. The van der Waals surface area contributed by atoms with Gasteiger partial charge in [-0.1, -0.05) is 0 Å². The van der Waals surface area contributed by atoms with Gasteiger partial charge in [0.15, 0.2) is 0 Å². The summed E-state index contributed by atoms with van der Waals surface area (Å²) >= 11 is 0. The molecule has 11 heavy (non-hydrogen) atoms. The third-order valence-electron chi connectivity index (χ3n) is 2.78. The monoisotopic (exact) mass is 153 g/mol. The van der Waals surface area contributed by atoms with Crippen LogP contribution in [0.4, 0.5) is 0 Å². The molecule has 2 nitrogen and oxygen atoms in total. The van der Waals surface area contributed by atoms with Crippen LogP contribution in [-0.2, 0) is 0 Å². The minimum atomic E-state index is 0.325. The number of hydrogen-bond donors (Lipinski definition) is 2. The van der Waals surface area contributed by atoms with Crippen molar-refractivity contribution in [1.82, 2.24) is 5.32 Å². The molecule has 1 heterocycles. The summed E-state index contributed by atoms with van der Waals surface area (Å²) in [6.07, 6.45) is 4.92. The van der Waals surface area contributed by atoms with E-state index in [1.54, 1.807) is 5.57 Å². The number of aliphatic hydroxyl groups excluding tert-OH is 1. The molecule has 2 N–H and O–H groups in total. The van der Waals surface area contributed by atoms with Gasteiger partial charge in [0.25, 0.3) is 0 Å². The molecule has 2 aliphatic rings. The van der Waals surface area contributed by atoms with Crippen LogP contribution in [0.2, 0.25) is 0 Å². The Morgan fingerprint density at radius 3 is 3.18 bits per heavy atom. The van der Waals surface area contributed by atoms with Crippen molar-refractivity contribution >= 4 is 0 Å². The first-order chi connectivity index (χ1) is 5.42. The average Bonchev–Trinajstić information content (AvgIpc) is 2.50. The van der Waals surface area contributed by atoms with Crippen molar-refractivity contribution in [2.75, 3.05) is 13.2 Å². The summed E-state index contributed by atoms with van der Waals surface area (Å²) in [6.45, 7) is 1.42. The highest BCUT2D eigenvalue weighted by molar-refractivity contribution is 5.23. The van der Waals surface area contributed by atoms with E-state index in [1.165, 1.54) is 31.4 Å². The summed E-state index contributed by atoms with van der Waals surface area (Å²) in [7, 11) is 0. The van der Waals surface area contributed by atoms with E-state index in [4.69, 9.17) is 5.11 Å². The number of rotatable bonds is 1. The SMILES string of the molecule is OCC1CCCC2=C1NCC2. The second-order valence-electron chi connectivity index (χ2n) is 3.47. The third-order valence-corrected chi connectivity index (χ3v) is 2.78. The van der Waals surface area contributed by atoms with Gasteiger partial charge in [0.1, 0.15) is 0 Å². The average molecular weight is 153 g/mol. The standard InChI is InChI=1S/C9H15NO/c11-6-8-3-1-2-7-4-5-10-9(7)8/h8,10-11H,1-6H2. The lowest BCUT2D eigenvalue weighted by Crippen LogP contribution is -2.21. The highest BCUT2D eigenvalue weighted by atomic mass is 16.3. The van der Waals surface area contributed by atoms with Gasteiger partial charge in [-0.2, -0.15) is 0 Å². The lowest BCUT2D eigenvalue weighted by atomic mass is 9.88. The summed E-state index contributed by atoms with van der Waals surface area (Å²) < 4.78 is 0. The zero-order valence-corrected chi connectivity index (χ0v) is 6.77. The molecule has 0 aromatic carbocycles. The molecule has 0 amide bonds. The molecule has 2 rings (SSSR count). The van der Waals surface area contributed by atoms with Crippen molar-refractivity contribution in [2.24, 2.45) is 5.92 Å². The van der Waals surface area contributed by atoms with Crippen molar-refractivity contribution in [3.63, 3.8) is 0 Å². The van der Waals surface area contributed by atoms with Crippen LogP contribution in [0.1, 0.15) is 25.7 Å². The van der Waals surface area contributed by atoms with Gasteiger partial charge in [-0.3, -0.25) is 0 Å². The summed E-state index contributed by atoms with van der Waals surface area (Å²) in [6, 6.07) is 0. The van der Waals surface area contributed by atoms with Gasteiger partial charge < -0.3 is 10.4 Å². The lowest BCUT2D eigenvalue weighted by molar-refractivity contribution is 0.229. The van der Waals surface area contributed by atoms with Gasteiger partial charge in [-0.05, 0) is 31.3 Å². The Hall–Kier alpha value is -0.500. The second kappa shape index (κ2) is 2.86. The molecule has 0 radical (unpaired) electrons. The van der Waals surface area contributed by atoms with E-state index in [0.717, 1.165) is 6.54 Å². The number of nitrogens with one attached hydrogen (secondary N) is 1. The highest BCUT2D eigenvalue weighted by Crippen LogP contribution is 2.32. The van der Waals surface area contributed by atoms with Crippen molar-refractivity contribution in [2.45, 2.75) is 25.7 Å². The first-order valence-corrected chi connectivity index (χ1v) is 4.48. The molecule has 1 aliphatic heterocycles. The van der Waals surface area contributed by atoms with E-state index < -0.39 is 0 Å². The minimum absolute atomic E-state index is 0.325. The summed E-state index contributed by atoms with van der Waals surface area (Å²) in [5, 5.41) is 12.4. The molecule has 1 aliphatic carbocycles. The normalized spacial score (nSPS) is 30.1. The summed E-state index contributed by atoms with van der Waals surface area (Å²) in [5.74, 6) is 0.432. The largest absolute Gasteiger partial charge is 0.396 e. The number of aliphatic hydroxyl groups is 1. The van der Waals surface area contributed by atoms with Crippen LogP contribution < -0.4 is 5.32 Å². The fraction of sp³-hybridized carbons (Fsp3) is 0.778. The molecule has 0 aromatic rings. The predicted molar refractivity (Wildman–Crippen MR) is 44.1 cm³/mol. The quantitative estimate of drug-likeness (QED) is 0.589. The van der Waals surface area contributed by atoms with Gasteiger partial charge in [-0.15, -0.1) is 0 Å². The van der Waals surface area contributed by atoms with E-state index in [-0.39, 0.29) is 0 Å². The van der Waals surface area contributed by atoms with E-state index in [9.17, 15) is 0 Å². The predicted octanol–water partition coefficient (Wildman–Crippen LogP) is 1.03. The van der Waals surface area contributed by atoms with Crippen molar-refractivity contribution in [3.8, 4) is 0 Å². The first-order valence-electron chi connectivity index (χ1n) is 4.48. The maximum absolute atomic E-state index is 9.06. The Morgan fingerprint density at radius 1 is 1.45 bits per heavy atom. The molecule has 2 heteroatoms. The molecule has 0 aromatic heterocycles. The van der Waals surface area contributed by atoms with Gasteiger partial charge in [0.2, 0.25) is 0 Å². The molecule has 1 atom stereocenters. The maximum atomic E-state index is 9.06. The molecule has 62 valence electrons.